The number of nitro benzene ring substituents is 1. The Hall–Kier alpha value is -3.53. The Bertz CT molecular complexity index is 1500. The molecule has 10 heteroatoms. The van der Waals surface area contributed by atoms with Gasteiger partial charge in [0.1, 0.15) is 5.75 Å². The zero-order valence-electron chi connectivity index (χ0n) is 26.6. The minimum absolute atomic E-state index is 0.0657. The van der Waals surface area contributed by atoms with Crippen molar-refractivity contribution in [2.24, 2.45) is 17.8 Å². The first-order valence-corrected chi connectivity index (χ1v) is 18.1. The molecule has 0 amide bonds. The lowest BCUT2D eigenvalue weighted by atomic mass is 9.80. The van der Waals surface area contributed by atoms with Gasteiger partial charge in [-0.3, -0.25) is 14.9 Å². The number of hydrogen-bond donors (Lipinski definition) is 0. The summed E-state index contributed by atoms with van der Waals surface area (Å²) < 4.78 is 35.6. The lowest BCUT2D eigenvalue weighted by Gasteiger charge is -2.27. The molecule has 0 saturated heterocycles. The average Bonchev–Trinajstić information content (AvgIpc) is 3.03. The van der Waals surface area contributed by atoms with Crippen LogP contribution in [-0.2, 0) is 19.4 Å². The third kappa shape index (κ3) is 9.25. The Labute approximate surface area is 266 Å². The molecule has 2 aromatic carbocycles. The number of benzene rings is 2. The topological polar surface area (TPSA) is 130 Å². The molecule has 0 unspecified atom stereocenters. The number of esters is 2. The fraction of sp³-hybridized carbons (Fsp3) is 0.543. The molecule has 1 fully saturated rings. The summed E-state index contributed by atoms with van der Waals surface area (Å²) in [7, 11) is -3.47. The highest BCUT2D eigenvalue weighted by atomic mass is 32.2. The van der Waals surface area contributed by atoms with E-state index >= 15 is 0 Å². The molecular weight excluding hydrogens is 594 g/mol. The van der Waals surface area contributed by atoms with Gasteiger partial charge in [0.25, 0.3) is 0 Å². The maximum Gasteiger partial charge on any atom is 0.339 e. The molecule has 2 aliphatic carbocycles. The number of unbranched alkanes of at least 4 members (excludes halogenated alkanes) is 2. The van der Waals surface area contributed by atoms with Crippen molar-refractivity contribution in [3.63, 3.8) is 0 Å². The lowest BCUT2D eigenvalue weighted by molar-refractivity contribution is -0.385. The van der Waals surface area contributed by atoms with E-state index in [-0.39, 0.29) is 27.9 Å². The Morgan fingerprint density at radius 2 is 1.53 bits per heavy atom. The maximum atomic E-state index is 13.3. The van der Waals surface area contributed by atoms with Crippen LogP contribution in [0.5, 0.6) is 11.5 Å². The number of sulfone groups is 1. The summed E-state index contributed by atoms with van der Waals surface area (Å²) in [6, 6.07) is 8.37. The van der Waals surface area contributed by atoms with Gasteiger partial charge in [-0.25, -0.2) is 13.2 Å². The summed E-state index contributed by atoms with van der Waals surface area (Å²) in [6.07, 6.45) is 15.2. The molecule has 0 spiro atoms. The van der Waals surface area contributed by atoms with Crippen LogP contribution in [0.4, 0.5) is 5.69 Å². The molecular formula is C35H45NO8S. The van der Waals surface area contributed by atoms with E-state index in [1.54, 1.807) is 0 Å². The van der Waals surface area contributed by atoms with Gasteiger partial charge in [-0.2, -0.15) is 0 Å². The van der Waals surface area contributed by atoms with Crippen LogP contribution in [-0.4, -0.2) is 31.5 Å². The molecule has 9 nitrogen and oxygen atoms in total. The Balaban J connectivity index is 1.63. The molecule has 0 bridgehead atoms. The third-order valence-electron chi connectivity index (χ3n) is 9.16. The second-order valence-electron chi connectivity index (χ2n) is 12.6. The van der Waals surface area contributed by atoms with Crippen LogP contribution in [0.25, 0.3) is 11.1 Å². The van der Waals surface area contributed by atoms with Crippen molar-refractivity contribution < 1.29 is 32.4 Å². The van der Waals surface area contributed by atoms with E-state index in [1.165, 1.54) is 30.3 Å². The number of nitro groups is 1. The highest BCUT2D eigenvalue weighted by Crippen LogP contribution is 2.42. The van der Waals surface area contributed by atoms with Crippen LogP contribution in [0.2, 0.25) is 0 Å². The zero-order chi connectivity index (χ0) is 32.6. The zero-order valence-corrected chi connectivity index (χ0v) is 27.4. The van der Waals surface area contributed by atoms with Crippen LogP contribution in [0.1, 0.15) is 97.3 Å². The molecule has 0 aromatic heterocycles. The fourth-order valence-electron chi connectivity index (χ4n) is 6.33. The van der Waals surface area contributed by atoms with Crippen LogP contribution in [0, 0.1) is 27.9 Å². The van der Waals surface area contributed by atoms with Gasteiger partial charge in [-0.05, 0) is 80.5 Å². The normalized spacial score (nSPS) is 20.2. The minimum Gasteiger partial charge on any atom is -0.422 e. The Morgan fingerprint density at radius 1 is 0.889 bits per heavy atom. The van der Waals surface area contributed by atoms with Gasteiger partial charge in [0.15, 0.2) is 9.84 Å². The standard InChI is InChI=1S/C35H45NO8S/c1-4-6-8-24-10-14-27(15-11-24)34(37)43-32-23-31(36(39)40)33(22-30(32)26-18-20-29(21-19-26)45(3,41)42)44-35(38)28-16-12-25(13-17-28)9-7-5-2/h14,18-25,28H,4-13,15-17H2,1-3H3/t24-,25?,28?/m1/s1. The smallest absolute Gasteiger partial charge is 0.339 e. The van der Waals surface area contributed by atoms with Crippen molar-refractivity contribution >= 4 is 27.5 Å². The largest absolute Gasteiger partial charge is 0.422 e. The summed E-state index contributed by atoms with van der Waals surface area (Å²) in [5.74, 6) is -0.652. The van der Waals surface area contributed by atoms with Crippen molar-refractivity contribution in [1.29, 1.82) is 0 Å². The van der Waals surface area contributed by atoms with E-state index in [1.807, 2.05) is 6.08 Å². The van der Waals surface area contributed by atoms with Crippen molar-refractivity contribution in [2.45, 2.75) is 102 Å². The van der Waals surface area contributed by atoms with Crippen molar-refractivity contribution in [3.05, 3.63) is 58.2 Å². The molecule has 45 heavy (non-hydrogen) atoms. The van der Waals surface area contributed by atoms with E-state index < -0.39 is 32.4 Å². The van der Waals surface area contributed by atoms with Crippen molar-refractivity contribution in [1.82, 2.24) is 0 Å². The van der Waals surface area contributed by atoms with E-state index in [4.69, 9.17) is 9.47 Å². The molecule has 1 saturated carbocycles. The number of hydrogen-bond acceptors (Lipinski definition) is 8. The number of allylic oxidation sites excluding steroid dienone is 1. The molecule has 1 atom stereocenters. The SMILES string of the molecule is CCCCC1CCC(C(=O)Oc2cc(-c3ccc(S(C)(=O)=O)cc3)c(OC(=O)C3=CC[C@@H](CCCC)CC3)cc2[N+](=O)[O-])CC1. The van der Waals surface area contributed by atoms with Gasteiger partial charge in [0.2, 0.25) is 5.75 Å². The predicted molar refractivity (Wildman–Crippen MR) is 173 cm³/mol. The van der Waals surface area contributed by atoms with Gasteiger partial charge < -0.3 is 9.47 Å². The quantitative estimate of drug-likeness (QED) is 0.0924. The van der Waals surface area contributed by atoms with Gasteiger partial charge in [-0.15, -0.1) is 0 Å². The predicted octanol–water partition coefficient (Wildman–Crippen LogP) is 8.39. The first kappa shape index (κ1) is 34.3. The summed E-state index contributed by atoms with van der Waals surface area (Å²) >= 11 is 0. The molecule has 2 aromatic rings. The highest BCUT2D eigenvalue weighted by Gasteiger charge is 2.31. The van der Waals surface area contributed by atoms with Crippen LogP contribution < -0.4 is 9.47 Å². The van der Waals surface area contributed by atoms with Gasteiger partial charge in [-0.1, -0.05) is 70.6 Å². The van der Waals surface area contributed by atoms with Crippen LogP contribution >= 0.6 is 0 Å². The fourth-order valence-corrected chi connectivity index (χ4v) is 6.96. The molecule has 244 valence electrons. The molecule has 4 rings (SSSR count). The van der Waals surface area contributed by atoms with Crippen molar-refractivity contribution in [2.75, 3.05) is 6.26 Å². The molecule has 0 heterocycles. The highest BCUT2D eigenvalue weighted by molar-refractivity contribution is 7.90. The van der Waals surface area contributed by atoms with Gasteiger partial charge >= 0.3 is 17.6 Å². The van der Waals surface area contributed by atoms with Crippen LogP contribution in [0.3, 0.4) is 0 Å². The van der Waals surface area contributed by atoms with Gasteiger partial charge in [0.05, 0.1) is 21.8 Å². The summed E-state index contributed by atoms with van der Waals surface area (Å²) in [5.41, 5.74) is 0.758. The first-order valence-electron chi connectivity index (χ1n) is 16.3. The Morgan fingerprint density at radius 3 is 2.09 bits per heavy atom. The van der Waals surface area contributed by atoms with E-state index in [9.17, 15) is 28.1 Å². The van der Waals surface area contributed by atoms with Gasteiger partial charge in [0, 0.05) is 17.4 Å². The second kappa shape index (κ2) is 15.7. The second-order valence-corrected chi connectivity index (χ2v) is 14.6. The third-order valence-corrected chi connectivity index (χ3v) is 10.3. The summed E-state index contributed by atoms with van der Waals surface area (Å²) in [6.45, 7) is 4.31. The van der Waals surface area contributed by atoms with Crippen LogP contribution in [0.15, 0.2) is 52.9 Å². The first-order chi connectivity index (χ1) is 21.5. The molecule has 0 radical (unpaired) electrons. The maximum absolute atomic E-state index is 13.3. The number of ether oxygens (including phenoxy) is 2. The summed E-state index contributed by atoms with van der Waals surface area (Å²) in [5, 5.41) is 12.2. The number of carbonyl (C=O) groups is 2. The van der Waals surface area contributed by atoms with E-state index in [0.717, 1.165) is 76.5 Å². The average molecular weight is 640 g/mol. The number of carbonyl (C=O) groups excluding carboxylic acids is 2. The van der Waals surface area contributed by atoms with E-state index in [2.05, 4.69) is 13.8 Å². The van der Waals surface area contributed by atoms with E-state index in [0.29, 0.717) is 42.2 Å². The Kier molecular flexibility index (Phi) is 11.9. The molecule has 2 aliphatic rings. The summed E-state index contributed by atoms with van der Waals surface area (Å²) in [4.78, 5) is 38.1. The number of rotatable bonds is 13. The lowest BCUT2D eigenvalue weighted by Crippen LogP contribution is -2.26. The molecule has 0 N–H and O–H groups in total. The number of nitrogens with zero attached hydrogens (tertiary/aromatic N) is 1. The minimum atomic E-state index is -3.47. The molecule has 0 aliphatic heterocycles. The van der Waals surface area contributed by atoms with Crippen molar-refractivity contribution in [3.8, 4) is 22.6 Å². The monoisotopic (exact) mass is 639 g/mol.